The Balaban J connectivity index is 2.16. The molecule has 0 heterocycles. The Bertz CT molecular complexity index is 447. The standard InChI is InChI=1S/C17H24O/c1-11-5-8-16(14(4)9-11)17(18)15-7-6-12(2)13(3)10-15/h5,8-9,12-13,15H,6-7,10H2,1-4H3. The second-order valence-electron chi connectivity index (χ2n) is 6.15. The molecule has 1 nitrogen and oxygen atoms in total. The first-order chi connectivity index (χ1) is 8.49. The van der Waals surface area contributed by atoms with Crippen molar-refractivity contribution in [2.45, 2.75) is 47.0 Å². The number of hydrogen-bond acceptors (Lipinski definition) is 1. The van der Waals surface area contributed by atoms with Crippen molar-refractivity contribution in [3.63, 3.8) is 0 Å². The molecule has 18 heavy (non-hydrogen) atoms. The van der Waals surface area contributed by atoms with Gasteiger partial charge in [0.15, 0.2) is 5.78 Å². The number of carbonyl (C=O) groups excluding carboxylic acids is 1. The summed E-state index contributed by atoms with van der Waals surface area (Å²) in [6.07, 6.45) is 3.33. The van der Waals surface area contributed by atoms with Gasteiger partial charge in [-0.25, -0.2) is 0 Å². The van der Waals surface area contributed by atoms with Gasteiger partial charge in [-0.2, -0.15) is 0 Å². The molecule has 1 aromatic carbocycles. The van der Waals surface area contributed by atoms with E-state index in [9.17, 15) is 4.79 Å². The second kappa shape index (κ2) is 5.26. The molecule has 1 aliphatic rings. The minimum Gasteiger partial charge on any atom is -0.294 e. The van der Waals surface area contributed by atoms with Crippen molar-refractivity contribution in [1.82, 2.24) is 0 Å². The molecule has 0 bridgehead atoms. The Morgan fingerprint density at radius 2 is 1.83 bits per heavy atom. The second-order valence-corrected chi connectivity index (χ2v) is 6.15. The van der Waals surface area contributed by atoms with Crippen LogP contribution in [0.4, 0.5) is 0 Å². The molecule has 1 saturated carbocycles. The lowest BCUT2D eigenvalue weighted by Gasteiger charge is -2.31. The SMILES string of the molecule is Cc1ccc(C(=O)C2CCC(C)C(C)C2)c(C)c1. The van der Waals surface area contributed by atoms with E-state index in [0.717, 1.165) is 29.9 Å². The van der Waals surface area contributed by atoms with Crippen molar-refractivity contribution in [2.24, 2.45) is 17.8 Å². The molecule has 0 spiro atoms. The van der Waals surface area contributed by atoms with Crippen LogP contribution in [-0.4, -0.2) is 5.78 Å². The maximum absolute atomic E-state index is 12.6. The number of ketones is 1. The van der Waals surface area contributed by atoms with Gasteiger partial charge in [-0.1, -0.05) is 37.6 Å². The zero-order chi connectivity index (χ0) is 13.3. The predicted molar refractivity (Wildman–Crippen MR) is 75.9 cm³/mol. The van der Waals surface area contributed by atoms with Crippen LogP contribution in [0.25, 0.3) is 0 Å². The van der Waals surface area contributed by atoms with Gasteiger partial charge in [0.2, 0.25) is 0 Å². The first kappa shape index (κ1) is 13.3. The van der Waals surface area contributed by atoms with Crippen molar-refractivity contribution < 1.29 is 4.79 Å². The van der Waals surface area contributed by atoms with Crippen LogP contribution in [0.2, 0.25) is 0 Å². The van der Waals surface area contributed by atoms with Gasteiger partial charge >= 0.3 is 0 Å². The number of Topliss-reactive ketones (excluding diaryl/α,β-unsaturated/α-hetero) is 1. The van der Waals surface area contributed by atoms with Gasteiger partial charge in [-0.15, -0.1) is 0 Å². The first-order valence-electron chi connectivity index (χ1n) is 7.10. The van der Waals surface area contributed by atoms with E-state index in [1.165, 1.54) is 12.0 Å². The van der Waals surface area contributed by atoms with Crippen LogP contribution in [-0.2, 0) is 0 Å². The highest BCUT2D eigenvalue weighted by Gasteiger charge is 2.30. The topological polar surface area (TPSA) is 17.1 Å². The highest BCUT2D eigenvalue weighted by molar-refractivity contribution is 5.99. The molecule has 0 aromatic heterocycles. The molecule has 98 valence electrons. The third-order valence-electron chi connectivity index (χ3n) is 4.62. The summed E-state index contributed by atoms with van der Waals surface area (Å²) in [5.41, 5.74) is 3.30. The smallest absolute Gasteiger partial charge is 0.166 e. The van der Waals surface area contributed by atoms with Crippen molar-refractivity contribution in [3.05, 3.63) is 34.9 Å². The molecule has 1 heteroatoms. The van der Waals surface area contributed by atoms with Crippen LogP contribution < -0.4 is 0 Å². The molecule has 0 N–H and O–H groups in total. The Morgan fingerprint density at radius 3 is 2.44 bits per heavy atom. The van der Waals surface area contributed by atoms with Gasteiger partial charge in [0.05, 0.1) is 0 Å². The Labute approximate surface area is 111 Å². The van der Waals surface area contributed by atoms with Crippen LogP contribution in [0.3, 0.4) is 0 Å². The van der Waals surface area contributed by atoms with Crippen LogP contribution in [0, 0.1) is 31.6 Å². The van der Waals surface area contributed by atoms with Crippen LogP contribution >= 0.6 is 0 Å². The lowest BCUT2D eigenvalue weighted by molar-refractivity contribution is 0.0837. The fourth-order valence-corrected chi connectivity index (χ4v) is 3.10. The maximum Gasteiger partial charge on any atom is 0.166 e. The van der Waals surface area contributed by atoms with Crippen molar-refractivity contribution in [3.8, 4) is 0 Å². The summed E-state index contributed by atoms with van der Waals surface area (Å²) < 4.78 is 0. The number of hydrogen-bond donors (Lipinski definition) is 0. The highest BCUT2D eigenvalue weighted by atomic mass is 16.1. The molecule has 1 aliphatic carbocycles. The van der Waals surface area contributed by atoms with Gasteiger partial charge in [0, 0.05) is 11.5 Å². The maximum atomic E-state index is 12.6. The lowest BCUT2D eigenvalue weighted by atomic mass is 9.73. The van der Waals surface area contributed by atoms with Crippen LogP contribution in [0.15, 0.2) is 18.2 Å². The summed E-state index contributed by atoms with van der Waals surface area (Å²) in [6.45, 7) is 8.72. The van der Waals surface area contributed by atoms with Crippen LogP contribution in [0.5, 0.6) is 0 Å². The van der Waals surface area contributed by atoms with Gasteiger partial charge in [-0.05, 0) is 50.5 Å². The fourth-order valence-electron chi connectivity index (χ4n) is 3.10. The van der Waals surface area contributed by atoms with Crippen LogP contribution in [0.1, 0.15) is 54.6 Å². The number of benzene rings is 1. The van der Waals surface area contributed by atoms with E-state index in [1.54, 1.807) is 0 Å². The molecule has 0 saturated heterocycles. The Hall–Kier alpha value is -1.11. The molecule has 3 atom stereocenters. The number of carbonyl (C=O) groups is 1. The molecule has 0 aliphatic heterocycles. The Kier molecular flexibility index (Phi) is 3.89. The molecule has 3 unspecified atom stereocenters. The van der Waals surface area contributed by atoms with E-state index in [1.807, 2.05) is 6.07 Å². The van der Waals surface area contributed by atoms with E-state index in [4.69, 9.17) is 0 Å². The average molecular weight is 244 g/mol. The first-order valence-corrected chi connectivity index (χ1v) is 7.10. The summed E-state index contributed by atoms with van der Waals surface area (Å²) in [5, 5.41) is 0. The monoisotopic (exact) mass is 244 g/mol. The highest BCUT2D eigenvalue weighted by Crippen LogP contribution is 2.35. The van der Waals surface area contributed by atoms with E-state index < -0.39 is 0 Å². The molecule has 2 rings (SSSR count). The largest absolute Gasteiger partial charge is 0.294 e. The zero-order valence-electron chi connectivity index (χ0n) is 12.0. The quantitative estimate of drug-likeness (QED) is 0.697. The fraction of sp³-hybridized carbons (Fsp3) is 0.588. The summed E-state index contributed by atoms with van der Waals surface area (Å²) >= 11 is 0. The van der Waals surface area contributed by atoms with Gasteiger partial charge < -0.3 is 0 Å². The van der Waals surface area contributed by atoms with Crippen molar-refractivity contribution >= 4 is 5.78 Å². The molecular formula is C17H24O. The summed E-state index contributed by atoms with van der Waals surface area (Å²) in [7, 11) is 0. The summed E-state index contributed by atoms with van der Waals surface area (Å²) in [5.74, 6) is 2.07. The average Bonchev–Trinajstić information content (AvgIpc) is 2.32. The van der Waals surface area contributed by atoms with E-state index in [2.05, 4.69) is 39.8 Å². The minimum atomic E-state index is 0.248. The normalized spacial score (nSPS) is 28.1. The van der Waals surface area contributed by atoms with E-state index in [-0.39, 0.29) is 5.92 Å². The summed E-state index contributed by atoms with van der Waals surface area (Å²) in [6, 6.07) is 6.17. The third kappa shape index (κ3) is 2.66. The minimum absolute atomic E-state index is 0.248. The number of rotatable bonds is 2. The lowest BCUT2D eigenvalue weighted by Crippen LogP contribution is -2.26. The molecule has 0 radical (unpaired) electrons. The molecule has 1 fully saturated rings. The number of aryl methyl sites for hydroxylation is 2. The molecular weight excluding hydrogens is 220 g/mol. The van der Waals surface area contributed by atoms with Crippen molar-refractivity contribution in [2.75, 3.05) is 0 Å². The molecule has 0 amide bonds. The zero-order valence-corrected chi connectivity index (χ0v) is 12.0. The molecule has 1 aromatic rings. The Morgan fingerprint density at radius 1 is 1.11 bits per heavy atom. The van der Waals surface area contributed by atoms with Gasteiger partial charge in [0.25, 0.3) is 0 Å². The van der Waals surface area contributed by atoms with E-state index in [0.29, 0.717) is 11.7 Å². The van der Waals surface area contributed by atoms with E-state index >= 15 is 0 Å². The predicted octanol–water partition coefficient (Wildman–Crippen LogP) is 4.56. The third-order valence-corrected chi connectivity index (χ3v) is 4.62. The van der Waals surface area contributed by atoms with Crippen molar-refractivity contribution in [1.29, 1.82) is 0 Å². The van der Waals surface area contributed by atoms with Gasteiger partial charge in [-0.3, -0.25) is 4.79 Å². The summed E-state index contributed by atoms with van der Waals surface area (Å²) in [4.78, 5) is 12.6. The van der Waals surface area contributed by atoms with Gasteiger partial charge in [0.1, 0.15) is 0 Å².